The molecule has 1 aromatic heterocycles. The maximum atomic E-state index is 12.8. The summed E-state index contributed by atoms with van der Waals surface area (Å²) in [5, 5.41) is 3.26. The molecule has 1 aliphatic rings. The third-order valence-electron chi connectivity index (χ3n) is 4.59. The zero-order valence-corrected chi connectivity index (χ0v) is 15.4. The van der Waals surface area contributed by atoms with Crippen LogP contribution in [-0.4, -0.2) is 26.5 Å². The molecule has 24 heavy (non-hydrogen) atoms. The highest BCUT2D eigenvalue weighted by Crippen LogP contribution is 2.29. The molecule has 0 fully saturated rings. The number of hydrogen-bond acceptors (Lipinski definition) is 2. The molecule has 1 heterocycles. The van der Waals surface area contributed by atoms with E-state index in [1.807, 2.05) is 18.2 Å². The molecule has 0 bridgehead atoms. The van der Waals surface area contributed by atoms with Gasteiger partial charge in [-0.2, -0.15) is 0 Å². The van der Waals surface area contributed by atoms with Gasteiger partial charge in [-0.3, -0.25) is 4.79 Å². The second kappa shape index (κ2) is 7.95. The second-order valence-corrected chi connectivity index (χ2v) is 8.10. The van der Waals surface area contributed by atoms with Crippen molar-refractivity contribution < 1.29 is 9.69 Å². The van der Waals surface area contributed by atoms with Crippen LogP contribution in [0.3, 0.4) is 0 Å². The van der Waals surface area contributed by atoms with E-state index in [4.69, 9.17) is 0 Å². The summed E-state index contributed by atoms with van der Waals surface area (Å²) in [6, 6.07) is 12.5. The Hall–Kier alpha value is -1.65. The lowest BCUT2D eigenvalue weighted by Gasteiger charge is -2.20. The molecule has 3 nitrogen and oxygen atoms in total. The maximum Gasteiger partial charge on any atom is 0.262 e. The minimum absolute atomic E-state index is 0.0469. The number of quaternary nitrogens is 1. The van der Waals surface area contributed by atoms with Gasteiger partial charge < -0.3 is 10.2 Å². The van der Waals surface area contributed by atoms with Crippen LogP contribution in [0.15, 0.2) is 36.4 Å². The van der Waals surface area contributed by atoms with Crippen LogP contribution in [0.2, 0.25) is 0 Å². The van der Waals surface area contributed by atoms with E-state index in [2.05, 4.69) is 37.6 Å². The van der Waals surface area contributed by atoms with Crippen LogP contribution in [0.25, 0.3) is 0 Å². The molecule has 0 saturated heterocycles. The van der Waals surface area contributed by atoms with E-state index in [1.54, 1.807) is 11.3 Å². The van der Waals surface area contributed by atoms with Crippen LogP contribution in [0.1, 0.15) is 51.0 Å². The zero-order chi connectivity index (χ0) is 16.9. The molecule has 1 atom stereocenters. The Morgan fingerprint density at radius 3 is 2.67 bits per heavy atom. The van der Waals surface area contributed by atoms with Crippen molar-refractivity contribution in [3.63, 3.8) is 0 Å². The predicted octanol–water partition coefficient (Wildman–Crippen LogP) is 2.63. The Morgan fingerprint density at radius 1 is 1.17 bits per heavy atom. The predicted molar refractivity (Wildman–Crippen MR) is 99.9 cm³/mol. The summed E-state index contributed by atoms with van der Waals surface area (Å²) < 4.78 is 0. The van der Waals surface area contributed by atoms with Gasteiger partial charge in [0.1, 0.15) is 12.6 Å². The van der Waals surface area contributed by atoms with Crippen LogP contribution in [0.5, 0.6) is 0 Å². The van der Waals surface area contributed by atoms with Crippen molar-refractivity contribution in [2.24, 2.45) is 0 Å². The standard InChI is InChI=1S/C20H26N2OS/c1-22(2)14-17(15-9-5-3-6-10-15)21-20(23)19-13-16-11-7-4-8-12-18(16)24-19/h3,5-6,9-10,13,17H,4,7-8,11-12,14H2,1-2H3,(H,21,23)/p+1/t17-/m0/s1. The first kappa shape index (κ1) is 17.2. The molecule has 0 radical (unpaired) electrons. The molecule has 2 N–H and O–H groups in total. The summed E-state index contributed by atoms with van der Waals surface area (Å²) in [5.41, 5.74) is 2.57. The molecular formula is C20H27N2OS+. The molecule has 4 heteroatoms. The number of benzene rings is 1. The summed E-state index contributed by atoms with van der Waals surface area (Å²) in [7, 11) is 4.24. The van der Waals surface area contributed by atoms with E-state index in [0.29, 0.717) is 0 Å². The first-order valence-corrected chi connectivity index (χ1v) is 9.71. The number of amides is 1. The first-order valence-electron chi connectivity index (χ1n) is 8.90. The Balaban J connectivity index is 1.76. The fourth-order valence-electron chi connectivity index (χ4n) is 3.35. The monoisotopic (exact) mass is 343 g/mol. The van der Waals surface area contributed by atoms with Gasteiger partial charge in [-0.1, -0.05) is 36.8 Å². The minimum Gasteiger partial charge on any atom is -0.339 e. The Labute approximate surface area is 148 Å². The molecular weight excluding hydrogens is 316 g/mol. The van der Waals surface area contributed by atoms with Gasteiger partial charge in [0.25, 0.3) is 5.91 Å². The second-order valence-electron chi connectivity index (χ2n) is 6.97. The SMILES string of the molecule is C[NH+](C)C[C@H](NC(=O)c1cc2c(s1)CCCCC2)c1ccccc1. The van der Waals surface area contributed by atoms with Crippen molar-refractivity contribution in [3.05, 3.63) is 57.3 Å². The van der Waals surface area contributed by atoms with Crippen LogP contribution in [0, 0.1) is 0 Å². The van der Waals surface area contributed by atoms with Gasteiger partial charge in [-0.25, -0.2) is 0 Å². The number of nitrogens with one attached hydrogen (secondary N) is 2. The van der Waals surface area contributed by atoms with Gasteiger partial charge in [0.15, 0.2) is 0 Å². The van der Waals surface area contributed by atoms with Gasteiger partial charge in [0, 0.05) is 4.88 Å². The Kier molecular flexibility index (Phi) is 5.69. The molecule has 0 aliphatic heterocycles. The van der Waals surface area contributed by atoms with Crippen molar-refractivity contribution in [2.75, 3.05) is 20.6 Å². The van der Waals surface area contributed by atoms with Crippen molar-refractivity contribution >= 4 is 17.2 Å². The van der Waals surface area contributed by atoms with E-state index >= 15 is 0 Å². The highest BCUT2D eigenvalue weighted by molar-refractivity contribution is 7.14. The highest BCUT2D eigenvalue weighted by atomic mass is 32.1. The molecule has 3 rings (SSSR count). The fourth-order valence-corrected chi connectivity index (χ4v) is 4.51. The quantitative estimate of drug-likeness (QED) is 0.804. The smallest absolute Gasteiger partial charge is 0.262 e. The molecule has 0 saturated carbocycles. The van der Waals surface area contributed by atoms with Gasteiger partial charge in [0.05, 0.1) is 19.0 Å². The number of likely N-dealkylation sites (N-methyl/N-ethyl adjacent to an activating group) is 1. The average Bonchev–Trinajstić information content (AvgIpc) is 2.86. The van der Waals surface area contributed by atoms with Crippen molar-refractivity contribution in [3.8, 4) is 0 Å². The first-order chi connectivity index (χ1) is 11.6. The van der Waals surface area contributed by atoms with Crippen LogP contribution in [0.4, 0.5) is 0 Å². The van der Waals surface area contributed by atoms with E-state index in [9.17, 15) is 4.79 Å². The van der Waals surface area contributed by atoms with Crippen LogP contribution in [-0.2, 0) is 12.8 Å². The van der Waals surface area contributed by atoms with E-state index in [1.165, 1.54) is 40.2 Å². The maximum absolute atomic E-state index is 12.8. The lowest BCUT2D eigenvalue weighted by Crippen LogP contribution is -3.06. The molecule has 0 unspecified atom stereocenters. The van der Waals surface area contributed by atoms with Crippen LogP contribution < -0.4 is 10.2 Å². The number of rotatable bonds is 5. The summed E-state index contributed by atoms with van der Waals surface area (Å²) in [4.78, 5) is 16.4. The molecule has 1 amide bonds. The van der Waals surface area contributed by atoms with Crippen LogP contribution >= 0.6 is 11.3 Å². The Bertz CT molecular complexity index is 655. The summed E-state index contributed by atoms with van der Waals surface area (Å²) >= 11 is 1.69. The molecule has 1 aliphatic carbocycles. The normalized spacial score (nSPS) is 15.6. The third-order valence-corrected chi connectivity index (χ3v) is 5.83. The number of fused-ring (bicyclic) bond motifs is 1. The van der Waals surface area contributed by atoms with Gasteiger partial charge in [0.2, 0.25) is 0 Å². The third kappa shape index (κ3) is 4.25. The van der Waals surface area contributed by atoms with Crippen molar-refractivity contribution in [1.82, 2.24) is 5.32 Å². The highest BCUT2D eigenvalue weighted by Gasteiger charge is 2.21. The van der Waals surface area contributed by atoms with Gasteiger partial charge >= 0.3 is 0 Å². The largest absolute Gasteiger partial charge is 0.339 e. The fraction of sp³-hybridized carbons (Fsp3) is 0.450. The van der Waals surface area contributed by atoms with E-state index < -0.39 is 0 Å². The molecule has 2 aromatic rings. The number of carbonyl (C=O) groups excluding carboxylic acids is 1. The molecule has 0 spiro atoms. The topological polar surface area (TPSA) is 33.5 Å². The summed E-state index contributed by atoms with van der Waals surface area (Å²) in [6.45, 7) is 0.876. The van der Waals surface area contributed by atoms with Gasteiger partial charge in [-0.05, 0) is 42.9 Å². The number of carbonyl (C=O) groups is 1. The molecule has 128 valence electrons. The van der Waals surface area contributed by atoms with E-state index in [-0.39, 0.29) is 11.9 Å². The lowest BCUT2D eigenvalue weighted by molar-refractivity contribution is -0.860. The van der Waals surface area contributed by atoms with Crippen molar-refractivity contribution in [2.45, 2.75) is 38.1 Å². The minimum atomic E-state index is 0.0469. The zero-order valence-electron chi connectivity index (χ0n) is 14.6. The summed E-state index contributed by atoms with van der Waals surface area (Å²) in [5.74, 6) is 0.0724. The number of thiophene rings is 1. The number of hydrogen-bond donors (Lipinski definition) is 2. The number of aryl methyl sites for hydroxylation is 2. The van der Waals surface area contributed by atoms with Crippen molar-refractivity contribution in [1.29, 1.82) is 0 Å². The lowest BCUT2D eigenvalue weighted by atomic mass is 10.1. The molecule has 1 aromatic carbocycles. The average molecular weight is 344 g/mol. The van der Waals surface area contributed by atoms with Gasteiger partial charge in [-0.15, -0.1) is 11.3 Å². The summed E-state index contributed by atoms with van der Waals surface area (Å²) in [6.07, 6.45) is 6.08. The Morgan fingerprint density at radius 2 is 1.92 bits per heavy atom. The van der Waals surface area contributed by atoms with E-state index in [0.717, 1.165) is 24.3 Å².